The maximum absolute atomic E-state index is 6.06. The number of nitrogen functional groups attached to an aromatic ring is 1. The highest BCUT2D eigenvalue weighted by molar-refractivity contribution is 6.36. The van der Waals surface area contributed by atoms with Crippen LogP contribution in [0.25, 0.3) is 11.3 Å². The molecule has 0 fully saturated rings. The van der Waals surface area contributed by atoms with Crippen molar-refractivity contribution in [3.63, 3.8) is 0 Å². The third-order valence-corrected chi connectivity index (χ3v) is 2.96. The summed E-state index contributed by atoms with van der Waals surface area (Å²) in [7, 11) is 1.54. The van der Waals surface area contributed by atoms with E-state index in [1.807, 2.05) is 6.92 Å². The molecule has 0 spiro atoms. The summed E-state index contributed by atoms with van der Waals surface area (Å²) in [5.41, 5.74) is 8.53. The van der Waals surface area contributed by atoms with Crippen molar-refractivity contribution in [3.8, 4) is 17.0 Å². The summed E-state index contributed by atoms with van der Waals surface area (Å²) in [5.74, 6) is 0.509. The van der Waals surface area contributed by atoms with Gasteiger partial charge in [-0.25, -0.2) is 0 Å². The second-order valence-electron chi connectivity index (χ2n) is 3.58. The molecule has 0 saturated carbocycles. The number of nitrogens with one attached hydrogen (secondary N) is 1. The minimum Gasteiger partial charge on any atom is -0.494 e. The fourth-order valence-corrected chi connectivity index (χ4v) is 2.16. The highest BCUT2D eigenvalue weighted by atomic mass is 35.5. The Morgan fingerprint density at radius 2 is 2.06 bits per heavy atom. The second-order valence-corrected chi connectivity index (χ2v) is 4.42. The lowest BCUT2D eigenvalue weighted by Crippen LogP contribution is -1.93. The minimum absolute atomic E-state index is 0.426. The van der Waals surface area contributed by atoms with Gasteiger partial charge in [0.05, 0.1) is 23.5 Å². The van der Waals surface area contributed by atoms with Crippen molar-refractivity contribution < 1.29 is 4.74 Å². The molecule has 0 atom stereocenters. The molecule has 0 saturated heterocycles. The van der Waals surface area contributed by atoms with Crippen LogP contribution in [-0.4, -0.2) is 17.3 Å². The molecule has 0 aliphatic carbocycles. The maximum atomic E-state index is 6.06. The molecule has 0 amide bonds. The van der Waals surface area contributed by atoms with Crippen molar-refractivity contribution in [2.75, 3.05) is 12.8 Å². The number of nitrogens with two attached hydrogens (primary N) is 1. The van der Waals surface area contributed by atoms with Crippen LogP contribution in [-0.2, 0) is 0 Å². The van der Waals surface area contributed by atoms with Gasteiger partial charge in [-0.3, -0.25) is 5.10 Å². The van der Waals surface area contributed by atoms with Gasteiger partial charge in [0.25, 0.3) is 0 Å². The first-order chi connectivity index (χ1) is 8.04. The quantitative estimate of drug-likeness (QED) is 0.881. The Labute approximate surface area is 109 Å². The van der Waals surface area contributed by atoms with Crippen LogP contribution >= 0.6 is 23.2 Å². The highest BCUT2D eigenvalue weighted by Gasteiger charge is 2.17. The summed E-state index contributed by atoms with van der Waals surface area (Å²) in [5, 5.41) is 7.87. The third kappa shape index (κ3) is 2.06. The molecule has 2 aromatic rings. The zero-order valence-electron chi connectivity index (χ0n) is 9.34. The van der Waals surface area contributed by atoms with Crippen LogP contribution in [0.2, 0.25) is 10.0 Å². The van der Waals surface area contributed by atoms with Crippen molar-refractivity contribution in [1.29, 1.82) is 0 Å². The summed E-state index contributed by atoms with van der Waals surface area (Å²) >= 11 is 12.0. The van der Waals surface area contributed by atoms with E-state index < -0.39 is 0 Å². The zero-order chi connectivity index (χ0) is 12.6. The van der Waals surface area contributed by atoms with E-state index >= 15 is 0 Å². The van der Waals surface area contributed by atoms with E-state index in [4.69, 9.17) is 33.7 Å². The first-order valence-electron chi connectivity index (χ1n) is 4.88. The van der Waals surface area contributed by atoms with Gasteiger partial charge in [-0.05, 0) is 19.1 Å². The summed E-state index contributed by atoms with van der Waals surface area (Å²) in [4.78, 5) is 0. The molecule has 1 aromatic heterocycles. The molecule has 3 N–H and O–H groups in total. The Morgan fingerprint density at radius 1 is 1.35 bits per heavy atom. The largest absolute Gasteiger partial charge is 0.494 e. The minimum atomic E-state index is 0.426. The summed E-state index contributed by atoms with van der Waals surface area (Å²) in [6.07, 6.45) is 0. The number of benzene rings is 1. The van der Waals surface area contributed by atoms with Crippen molar-refractivity contribution in [2.45, 2.75) is 6.92 Å². The van der Waals surface area contributed by atoms with E-state index in [2.05, 4.69) is 10.2 Å². The molecule has 0 aliphatic rings. The number of aryl methyl sites for hydroxylation is 1. The van der Waals surface area contributed by atoms with E-state index in [0.29, 0.717) is 32.7 Å². The SMILES string of the molecule is COc1c(Cl)cc(Cl)cc1-c1n[nH]c(C)c1N. The van der Waals surface area contributed by atoms with Gasteiger partial charge in [0.15, 0.2) is 0 Å². The van der Waals surface area contributed by atoms with Crippen LogP contribution in [0.15, 0.2) is 12.1 Å². The Kier molecular flexibility index (Phi) is 3.17. The number of methoxy groups -OCH3 is 1. The summed E-state index contributed by atoms with van der Waals surface area (Å²) < 4.78 is 5.25. The molecule has 0 radical (unpaired) electrons. The summed E-state index contributed by atoms with van der Waals surface area (Å²) in [6.45, 7) is 1.84. The zero-order valence-corrected chi connectivity index (χ0v) is 10.9. The molecule has 2 rings (SSSR count). The molecule has 0 aliphatic heterocycles. The number of nitrogens with zero attached hydrogens (tertiary/aromatic N) is 1. The van der Waals surface area contributed by atoms with Gasteiger partial charge in [-0.2, -0.15) is 5.10 Å². The molecule has 1 aromatic carbocycles. The average molecular weight is 272 g/mol. The van der Waals surface area contributed by atoms with Crippen LogP contribution in [0.3, 0.4) is 0 Å². The van der Waals surface area contributed by atoms with Crippen LogP contribution in [0.5, 0.6) is 5.75 Å². The summed E-state index contributed by atoms with van der Waals surface area (Å²) in [6, 6.07) is 3.33. The van der Waals surface area contributed by atoms with Gasteiger partial charge >= 0.3 is 0 Å². The Morgan fingerprint density at radius 3 is 2.59 bits per heavy atom. The second kappa shape index (κ2) is 4.47. The van der Waals surface area contributed by atoms with Gasteiger partial charge in [0, 0.05) is 10.6 Å². The molecule has 90 valence electrons. The van der Waals surface area contributed by atoms with Crippen molar-refractivity contribution in [3.05, 3.63) is 27.9 Å². The predicted molar refractivity (Wildman–Crippen MR) is 69.7 cm³/mol. The van der Waals surface area contributed by atoms with Gasteiger partial charge < -0.3 is 10.5 Å². The molecule has 0 bridgehead atoms. The van der Waals surface area contributed by atoms with Crippen LogP contribution in [0.4, 0.5) is 5.69 Å². The monoisotopic (exact) mass is 271 g/mol. The normalized spacial score (nSPS) is 10.6. The molecule has 1 heterocycles. The van der Waals surface area contributed by atoms with Crippen molar-refractivity contribution >= 4 is 28.9 Å². The number of ether oxygens (including phenoxy) is 1. The van der Waals surface area contributed by atoms with Crippen LogP contribution in [0.1, 0.15) is 5.69 Å². The fourth-order valence-electron chi connectivity index (χ4n) is 1.59. The van der Waals surface area contributed by atoms with Gasteiger partial charge in [-0.1, -0.05) is 23.2 Å². The Balaban J connectivity index is 2.70. The number of H-pyrrole nitrogens is 1. The number of rotatable bonds is 2. The van der Waals surface area contributed by atoms with Crippen molar-refractivity contribution in [2.24, 2.45) is 0 Å². The number of aromatic amines is 1. The van der Waals surface area contributed by atoms with E-state index in [-0.39, 0.29) is 0 Å². The average Bonchev–Trinajstić information content (AvgIpc) is 2.59. The molecule has 0 unspecified atom stereocenters. The highest BCUT2D eigenvalue weighted by Crippen LogP contribution is 2.40. The van der Waals surface area contributed by atoms with Crippen LogP contribution in [0, 0.1) is 6.92 Å². The molecular weight excluding hydrogens is 261 g/mol. The third-order valence-electron chi connectivity index (χ3n) is 2.46. The number of hydrogen-bond acceptors (Lipinski definition) is 3. The van der Waals surface area contributed by atoms with Crippen LogP contribution < -0.4 is 10.5 Å². The number of anilines is 1. The fraction of sp³-hybridized carbons (Fsp3) is 0.182. The standard InChI is InChI=1S/C11H11Cl2N3O/c1-5-9(14)10(16-15-5)7-3-6(12)4-8(13)11(7)17-2/h3-4H,14H2,1-2H3,(H,15,16). The molecule has 6 heteroatoms. The van der Waals surface area contributed by atoms with Gasteiger partial charge in [0.2, 0.25) is 0 Å². The first kappa shape index (κ1) is 12.1. The number of halogens is 2. The van der Waals surface area contributed by atoms with E-state index in [9.17, 15) is 0 Å². The first-order valence-corrected chi connectivity index (χ1v) is 5.64. The van der Waals surface area contributed by atoms with Gasteiger partial charge in [-0.15, -0.1) is 0 Å². The molecule has 17 heavy (non-hydrogen) atoms. The lowest BCUT2D eigenvalue weighted by Gasteiger charge is -2.09. The number of hydrogen-bond donors (Lipinski definition) is 2. The molecule has 4 nitrogen and oxygen atoms in total. The van der Waals surface area contributed by atoms with E-state index in [1.54, 1.807) is 12.1 Å². The van der Waals surface area contributed by atoms with Crippen molar-refractivity contribution in [1.82, 2.24) is 10.2 Å². The van der Waals surface area contributed by atoms with E-state index in [0.717, 1.165) is 5.69 Å². The van der Waals surface area contributed by atoms with Gasteiger partial charge in [0.1, 0.15) is 11.4 Å². The Hall–Kier alpha value is -1.39. The smallest absolute Gasteiger partial charge is 0.147 e. The lowest BCUT2D eigenvalue weighted by atomic mass is 10.1. The predicted octanol–water partition coefficient (Wildman–Crippen LogP) is 3.28. The number of aromatic nitrogens is 2. The maximum Gasteiger partial charge on any atom is 0.147 e. The molecular formula is C11H11Cl2N3O. The van der Waals surface area contributed by atoms with E-state index in [1.165, 1.54) is 7.11 Å². The Bertz CT molecular complexity index is 566. The topological polar surface area (TPSA) is 63.9 Å². The lowest BCUT2D eigenvalue weighted by molar-refractivity contribution is 0.416.